The van der Waals surface area contributed by atoms with Crippen LogP contribution in [0.15, 0.2) is 35.5 Å². The molecule has 2 rings (SSSR count). The number of hydrogen-bond donors (Lipinski definition) is 2. The number of nitrogens with zero attached hydrogens (tertiary/aromatic N) is 2. The van der Waals surface area contributed by atoms with E-state index >= 15 is 0 Å². The second-order valence-electron chi connectivity index (χ2n) is 5.23. The Balaban J connectivity index is 2.22. The van der Waals surface area contributed by atoms with Crippen LogP contribution < -0.4 is 10.5 Å². The Labute approximate surface area is 125 Å². The van der Waals surface area contributed by atoms with Gasteiger partial charge in [0.15, 0.2) is 0 Å². The summed E-state index contributed by atoms with van der Waals surface area (Å²) in [5.41, 5.74) is 7.59. The Morgan fingerprint density at radius 2 is 1.95 bits per heavy atom. The molecule has 3 N–H and O–H groups in total. The zero-order valence-electron chi connectivity index (χ0n) is 12.4. The molecule has 6 nitrogen and oxygen atoms in total. The van der Waals surface area contributed by atoms with Crippen molar-refractivity contribution in [2.45, 2.75) is 38.3 Å². The van der Waals surface area contributed by atoms with Crippen molar-refractivity contribution in [2.24, 2.45) is 0 Å². The van der Waals surface area contributed by atoms with Crippen LogP contribution in [0.5, 0.6) is 0 Å². The SMILES string of the molecule is Cc1cc(N)cc(C)c1S(=O)(=O)NC(C)Cn1cccn1. The Hall–Kier alpha value is -1.86. The quantitative estimate of drug-likeness (QED) is 0.818. The molecule has 2 aromatic rings. The van der Waals surface area contributed by atoms with Gasteiger partial charge in [-0.2, -0.15) is 5.10 Å². The molecule has 0 bridgehead atoms. The molecule has 21 heavy (non-hydrogen) atoms. The predicted molar refractivity (Wildman–Crippen MR) is 82.3 cm³/mol. The molecule has 1 aromatic heterocycles. The van der Waals surface area contributed by atoms with Crippen LogP contribution >= 0.6 is 0 Å². The molecule has 0 spiro atoms. The van der Waals surface area contributed by atoms with E-state index in [9.17, 15) is 8.42 Å². The highest BCUT2D eigenvalue weighted by molar-refractivity contribution is 7.89. The molecule has 0 aliphatic heterocycles. The average Bonchev–Trinajstić information content (AvgIpc) is 2.78. The van der Waals surface area contributed by atoms with Gasteiger partial charge in [0.05, 0.1) is 11.4 Å². The third-order valence-corrected chi connectivity index (χ3v) is 5.02. The lowest BCUT2D eigenvalue weighted by Gasteiger charge is -2.17. The van der Waals surface area contributed by atoms with Gasteiger partial charge in [0, 0.05) is 24.1 Å². The fraction of sp³-hybridized carbons (Fsp3) is 0.357. The van der Waals surface area contributed by atoms with Crippen molar-refractivity contribution < 1.29 is 8.42 Å². The van der Waals surface area contributed by atoms with E-state index in [4.69, 9.17) is 5.73 Å². The monoisotopic (exact) mass is 308 g/mol. The van der Waals surface area contributed by atoms with Gasteiger partial charge in [-0.05, 0) is 50.1 Å². The summed E-state index contributed by atoms with van der Waals surface area (Å²) in [6.45, 7) is 5.77. The van der Waals surface area contributed by atoms with Gasteiger partial charge in [-0.15, -0.1) is 0 Å². The largest absolute Gasteiger partial charge is 0.399 e. The molecule has 1 atom stereocenters. The second kappa shape index (κ2) is 5.87. The number of rotatable bonds is 5. The van der Waals surface area contributed by atoms with E-state index in [1.807, 2.05) is 0 Å². The maximum atomic E-state index is 12.5. The van der Waals surface area contributed by atoms with Gasteiger partial charge in [0.2, 0.25) is 10.0 Å². The zero-order chi connectivity index (χ0) is 15.6. The van der Waals surface area contributed by atoms with Gasteiger partial charge in [-0.25, -0.2) is 13.1 Å². The van der Waals surface area contributed by atoms with Crippen LogP contribution in [0.2, 0.25) is 0 Å². The van der Waals surface area contributed by atoms with E-state index in [1.54, 1.807) is 56.0 Å². The highest BCUT2D eigenvalue weighted by atomic mass is 32.2. The molecule has 1 aromatic carbocycles. The van der Waals surface area contributed by atoms with Crippen LogP contribution in [0.4, 0.5) is 5.69 Å². The molecule has 7 heteroatoms. The minimum Gasteiger partial charge on any atom is -0.399 e. The lowest BCUT2D eigenvalue weighted by Crippen LogP contribution is -2.36. The summed E-state index contributed by atoms with van der Waals surface area (Å²) in [6.07, 6.45) is 3.46. The summed E-state index contributed by atoms with van der Waals surface area (Å²) < 4.78 is 29.5. The highest BCUT2D eigenvalue weighted by Crippen LogP contribution is 2.23. The summed E-state index contributed by atoms with van der Waals surface area (Å²) in [5, 5.41) is 4.07. The van der Waals surface area contributed by atoms with Gasteiger partial charge in [0.1, 0.15) is 0 Å². The van der Waals surface area contributed by atoms with E-state index in [0.29, 0.717) is 28.3 Å². The Bertz CT molecular complexity index is 700. The molecule has 0 amide bonds. The van der Waals surface area contributed by atoms with Crippen LogP contribution in [-0.2, 0) is 16.6 Å². The van der Waals surface area contributed by atoms with E-state index in [2.05, 4.69) is 9.82 Å². The summed E-state index contributed by atoms with van der Waals surface area (Å²) in [7, 11) is -3.59. The molecule has 0 saturated heterocycles. The third kappa shape index (κ3) is 3.62. The lowest BCUT2D eigenvalue weighted by atomic mass is 10.1. The van der Waals surface area contributed by atoms with Crippen molar-refractivity contribution in [2.75, 3.05) is 5.73 Å². The first-order valence-electron chi connectivity index (χ1n) is 6.66. The molecule has 1 heterocycles. The molecular formula is C14H20N4O2S. The Morgan fingerprint density at radius 3 is 2.48 bits per heavy atom. The van der Waals surface area contributed by atoms with Gasteiger partial charge < -0.3 is 5.73 Å². The normalized spacial score (nSPS) is 13.3. The fourth-order valence-electron chi connectivity index (χ4n) is 2.46. The number of aryl methyl sites for hydroxylation is 2. The minimum absolute atomic E-state index is 0.272. The number of benzene rings is 1. The summed E-state index contributed by atoms with van der Waals surface area (Å²) in [6, 6.07) is 4.86. The van der Waals surface area contributed by atoms with Gasteiger partial charge in [0.25, 0.3) is 0 Å². The van der Waals surface area contributed by atoms with Crippen LogP contribution in [0.25, 0.3) is 0 Å². The Kier molecular flexibility index (Phi) is 4.34. The van der Waals surface area contributed by atoms with Crippen molar-refractivity contribution in [1.82, 2.24) is 14.5 Å². The van der Waals surface area contributed by atoms with Crippen molar-refractivity contribution in [3.63, 3.8) is 0 Å². The number of aromatic nitrogens is 2. The Morgan fingerprint density at radius 1 is 1.33 bits per heavy atom. The molecule has 0 fully saturated rings. The van der Waals surface area contributed by atoms with E-state index in [1.165, 1.54) is 0 Å². The average molecular weight is 308 g/mol. The number of hydrogen-bond acceptors (Lipinski definition) is 4. The van der Waals surface area contributed by atoms with Crippen molar-refractivity contribution in [1.29, 1.82) is 0 Å². The van der Waals surface area contributed by atoms with E-state index in [0.717, 1.165) is 0 Å². The maximum absolute atomic E-state index is 12.5. The van der Waals surface area contributed by atoms with Crippen molar-refractivity contribution in [3.05, 3.63) is 41.7 Å². The van der Waals surface area contributed by atoms with E-state index < -0.39 is 10.0 Å². The molecule has 0 aliphatic rings. The highest BCUT2D eigenvalue weighted by Gasteiger charge is 2.22. The number of nitrogens with one attached hydrogen (secondary N) is 1. The minimum atomic E-state index is -3.59. The van der Waals surface area contributed by atoms with Crippen LogP contribution in [0.1, 0.15) is 18.1 Å². The smallest absolute Gasteiger partial charge is 0.241 e. The number of nitrogens with two attached hydrogens (primary N) is 1. The first kappa shape index (κ1) is 15.5. The molecule has 114 valence electrons. The molecule has 0 saturated carbocycles. The van der Waals surface area contributed by atoms with Crippen molar-refractivity contribution >= 4 is 15.7 Å². The first-order chi connectivity index (χ1) is 9.79. The lowest BCUT2D eigenvalue weighted by molar-refractivity contribution is 0.493. The molecule has 1 unspecified atom stereocenters. The maximum Gasteiger partial charge on any atom is 0.241 e. The van der Waals surface area contributed by atoms with Crippen LogP contribution in [-0.4, -0.2) is 24.2 Å². The molecule has 0 aliphatic carbocycles. The van der Waals surface area contributed by atoms with Crippen LogP contribution in [0.3, 0.4) is 0 Å². The number of sulfonamides is 1. The third-order valence-electron chi connectivity index (χ3n) is 3.13. The fourth-order valence-corrected chi connectivity index (χ4v) is 4.15. The second-order valence-corrected chi connectivity index (χ2v) is 6.89. The zero-order valence-corrected chi connectivity index (χ0v) is 13.2. The summed E-state index contributed by atoms with van der Waals surface area (Å²) in [4.78, 5) is 0.295. The summed E-state index contributed by atoms with van der Waals surface area (Å²) in [5.74, 6) is 0. The molecule has 0 radical (unpaired) electrons. The van der Waals surface area contributed by atoms with Crippen molar-refractivity contribution in [3.8, 4) is 0 Å². The topological polar surface area (TPSA) is 90.0 Å². The van der Waals surface area contributed by atoms with E-state index in [-0.39, 0.29) is 6.04 Å². The summed E-state index contributed by atoms with van der Waals surface area (Å²) >= 11 is 0. The van der Waals surface area contributed by atoms with Gasteiger partial charge in [-0.1, -0.05) is 0 Å². The standard InChI is InChI=1S/C14H20N4O2S/c1-10-7-13(15)8-11(2)14(10)21(19,20)17-12(3)9-18-6-4-5-16-18/h4-8,12,17H,9,15H2,1-3H3. The number of nitrogen functional groups attached to an aromatic ring is 1. The van der Waals surface area contributed by atoms with Crippen LogP contribution in [0, 0.1) is 13.8 Å². The van der Waals surface area contributed by atoms with Gasteiger partial charge >= 0.3 is 0 Å². The molecular weight excluding hydrogens is 288 g/mol. The first-order valence-corrected chi connectivity index (χ1v) is 8.14. The predicted octanol–water partition coefficient (Wildman–Crippen LogP) is 1.45. The number of anilines is 1. The van der Waals surface area contributed by atoms with Gasteiger partial charge in [-0.3, -0.25) is 4.68 Å².